The van der Waals surface area contributed by atoms with Crippen molar-refractivity contribution < 1.29 is 0 Å². The minimum Gasteiger partial charge on any atom is -0.271 e. The third-order valence-electron chi connectivity index (χ3n) is 3.75. The zero-order chi connectivity index (χ0) is 14.8. The number of fused-ring (bicyclic) bond motifs is 1. The molecule has 0 aliphatic rings. The average Bonchev–Trinajstić information content (AvgIpc) is 2.51. The van der Waals surface area contributed by atoms with Crippen LogP contribution in [0.15, 0.2) is 48.5 Å². The lowest BCUT2D eigenvalue weighted by Crippen LogP contribution is -2.30. The number of aryl methyl sites for hydroxylation is 2. The Bertz CT molecular complexity index is 777. The topological polar surface area (TPSA) is 63.8 Å². The smallest absolute Gasteiger partial charge is 0.0735 e. The van der Waals surface area contributed by atoms with Gasteiger partial charge in [0.2, 0.25) is 0 Å². The summed E-state index contributed by atoms with van der Waals surface area (Å²) in [7, 11) is 0. The maximum Gasteiger partial charge on any atom is 0.0735 e. The molecule has 2 aromatic carbocycles. The molecule has 1 aromatic heterocycles. The second kappa shape index (κ2) is 5.60. The molecule has 3 rings (SSSR count). The van der Waals surface area contributed by atoms with Crippen molar-refractivity contribution in [2.75, 3.05) is 0 Å². The fourth-order valence-electron chi connectivity index (χ4n) is 2.71. The highest BCUT2D eigenvalue weighted by Crippen LogP contribution is 2.29. The summed E-state index contributed by atoms with van der Waals surface area (Å²) < 4.78 is 0. The third-order valence-corrected chi connectivity index (χ3v) is 3.75. The van der Waals surface area contributed by atoms with Gasteiger partial charge in [0.1, 0.15) is 0 Å². The summed E-state index contributed by atoms with van der Waals surface area (Å²) in [6, 6.07) is 16.5. The van der Waals surface area contributed by atoms with Crippen molar-refractivity contribution in [1.29, 1.82) is 0 Å². The highest BCUT2D eigenvalue weighted by atomic mass is 15.2. The Morgan fingerprint density at radius 3 is 2.52 bits per heavy atom. The van der Waals surface area contributed by atoms with Gasteiger partial charge in [-0.1, -0.05) is 42.5 Å². The van der Waals surface area contributed by atoms with Crippen LogP contribution in [-0.4, -0.2) is 10.2 Å². The quantitative estimate of drug-likeness (QED) is 0.571. The first-order chi connectivity index (χ1) is 10.2. The van der Waals surface area contributed by atoms with Gasteiger partial charge in [0.25, 0.3) is 0 Å². The van der Waals surface area contributed by atoms with E-state index in [0.29, 0.717) is 0 Å². The van der Waals surface area contributed by atoms with Crippen LogP contribution in [0.2, 0.25) is 0 Å². The van der Waals surface area contributed by atoms with Crippen LogP contribution in [0.4, 0.5) is 0 Å². The SMILES string of the molecule is Cc1cc(C(NN)c2cccc3ccccc23)c(C)nn1. The van der Waals surface area contributed by atoms with E-state index in [0.717, 1.165) is 22.5 Å². The summed E-state index contributed by atoms with van der Waals surface area (Å²) in [4.78, 5) is 0. The van der Waals surface area contributed by atoms with Crippen LogP contribution in [0.3, 0.4) is 0 Å². The number of hydrazine groups is 1. The highest BCUT2D eigenvalue weighted by Gasteiger charge is 2.18. The first-order valence-corrected chi connectivity index (χ1v) is 6.95. The van der Waals surface area contributed by atoms with E-state index in [1.165, 1.54) is 10.8 Å². The maximum absolute atomic E-state index is 5.85. The van der Waals surface area contributed by atoms with E-state index in [2.05, 4.69) is 46.0 Å². The standard InChI is InChI=1S/C17H18N4/c1-11-10-16(12(2)21-20-11)17(19-18)15-9-5-7-13-6-3-4-8-14(13)15/h3-10,17,19H,18H2,1-2H3. The van der Waals surface area contributed by atoms with Crippen LogP contribution in [0.1, 0.15) is 28.6 Å². The minimum absolute atomic E-state index is 0.106. The van der Waals surface area contributed by atoms with E-state index in [9.17, 15) is 0 Å². The molecule has 106 valence electrons. The van der Waals surface area contributed by atoms with Crippen molar-refractivity contribution in [2.24, 2.45) is 5.84 Å². The summed E-state index contributed by atoms with van der Waals surface area (Å²) in [5, 5.41) is 10.7. The second-order valence-electron chi connectivity index (χ2n) is 5.19. The summed E-state index contributed by atoms with van der Waals surface area (Å²) >= 11 is 0. The van der Waals surface area contributed by atoms with E-state index in [1.54, 1.807) is 0 Å². The molecule has 0 fully saturated rings. The number of aromatic nitrogens is 2. The Morgan fingerprint density at radius 2 is 1.71 bits per heavy atom. The average molecular weight is 278 g/mol. The van der Waals surface area contributed by atoms with Crippen LogP contribution in [0.25, 0.3) is 10.8 Å². The molecule has 4 nitrogen and oxygen atoms in total. The lowest BCUT2D eigenvalue weighted by molar-refractivity contribution is 0.629. The molecule has 0 bridgehead atoms. The molecule has 0 radical (unpaired) electrons. The van der Waals surface area contributed by atoms with Gasteiger partial charge in [-0.3, -0.25) is 5.84 Å². The molecule has 3 N–H and O–H groups in total. The number of benzene rings is 2. The molecule has 0 spiro atoms. The Morgan fingerprint density at radius 1 is 0.952 bits per heavy atom. The van der Waals surface area contributed by atoms with Gasteiger partial charge in [-0.05, 0) is 41.8 Å². The summed E-state index contributed by atoms with van der Waals surface area (Å²) in [5.41, 5.74) is 6.90. The summed E-state index contributed by atoms with van der Waals surface area (Å²) in [6.45, 7) is 3.89. The maximum atomic E-state index is 5.85. The number of hydrogen-bond donors (Lipinski definition) is 2. The highest BCUT2D eigenvalue weighted by molar-refractivity contribution is 5.86. The molecule has 0 saturated heterocycles. The number of rotatable bonds is 3. The van der Waals surface area contributed by atoms with Crippen molar-refractivity contribution in [3.8, 4) is 0 Å². The predicted octanol–water partition coefficient (Wildman–Crippen LogP) is 2.80. The molecule has 1 heterocycles. The van der Waals surface area contributed by atoms with Gasteiger partial charge in [-0.15, -0.1) is 0 Å². The van der Waals surface area contributed by atoms with Gasteiger partial charge in [-0.2, -0.15) is 10.2 Å². The second-order valence-corrected chi connectivity index (χ2v) is 5.19. The molecule has 1 unspecified atom stereocenters. The number of nitrogens with one attached hydrogen (secondary N) is 1. The van der Waals surface area contributed by atoms with Crippen molar-refractivity contribution in [3.63, 3.8) is 0 Å². The van der Waals surface area contributed by atoms with Gasteiger partial charge >= 0.3 is 0 Å². The fraction of sp³-hybridized carbons (Fsp3) is 0.176. The Balaban J connectivity index is 2.21. The van der Waals surface area contributed by atoms with Gasteiger partial charge in [0.15, 0.2) is 0 Å². The minimum atomic E-state index is -0.106. The summed E-state index contributed by atoms with van der Waals surface area (Å²) in [6.07, 6.45) is 0. The zero-order valence-electron chi connectivity index (χ0n) is 12.2. The van der Waals surface area contributed by atoms with Crippen LogP contribution in [0.5, 0.6) is 0 Å². The fourth-order valence-corrected chi connectivity index (χ4v) is 2.71. The van der Waals surface area contributed by atoms with E-state index in [1.807, 2.05) is 32.0 Å². The van der Waals surface area contributed by atoms with Crippen molar-refractivity contribution in [3.05, 3.63) is 71.0 Å². The molecule has 0 saturated carbocycles. The monoisotopic (exact) mass is 278 g/mol. The molecule has 0 aliphatic heterocycles. The molecular formula is C17H18N4. The normalized spacial score (nSPS) is 12.5. The number of nitrogens with two attached hydrogens (primary N) is 1. The van der Waals surface area contributed by atoms with Crippen molar-refractivity contribution in [2.45, 2.75) is 19.9 Å². The Hall–Kier alpha value is -2.30. The molecular weight excluding hydrogens is 260 g/mol. The van der Waals surface area contributed by atoms with Gasteiger partial charge < -0.3 is 0 Å². The van der Waals surface area contributed by atoms with Crippen LogP contribution < -0.4 is 11.3 Å². The lowest BCUT2D eigenvalue weighted by Gasteiger charge is -2.20. The van der Waals surface area contributed by atoms with E-state index < -0.39 is 0 Å². The Kier molecular flexibility index (Phi) is 3.64. The van der Waals surface area contributed by atoms with Crippen LogP contribution in [-0.2, 0) is 0 Å². The van der Waals surface area contributed by atoms with Gasteiger partial charge in [0, 0.05) is 0 Å². The van der Waals surface area contributed by atoms with E-state index in [4.69, 9.17) is 5.84 Å². The molecule has 0 aliphatic carbocycles. The first-order valence-electron chi connectivity index (χ1n) is 6.95. The molecule has 21 heavy (non-hydrogen) atoms. The summed E-state index contributed by atoms with van der Waals surface area (Å²) in [5.74, 6) is 5.85. The molecule has 4 heteroatoms. The first kappa shape index (κ1) is 13.7. The largest absolute Gasteiger partial charge is 0.271 e. The molecule has 0 amide bonds. The van der Waals surface area contributed by atoms with Gasteiger partial charge in [-0.25, -0.2) is 5.43 Å². The lowest BCUT2D eigenvalue weighted by atomic mass is 9.93. The predicted molar refractivity (Wildman–Crippen MR) is 84.6 cm³/mol. The van der Waals surface area contributed by atoms with Crippen LogP contribution in [0, 0.1) is 13.8 Å². The zero-order valence-corrected chi connectivity index (χ0v) is 12.2. The third kappa shape index (κ3) is 2.51. The van der Waals surface area contributed by atoms with Crippen LogP contribution >= 0.6 is 0 Å². The van der Waals surface area contributed by atoms with Crippen molar-refractivity contribution in [1.82, 2.24) is 15.6 Å². The number of hydrogen-bond acceptors (Lipinski definition) is 4. The van der Waals surface area contributed by atoms with Crippen molar-refractivity contribution >= 4 is 10.8 Å². The number of nitrogens with zero attached hydrogens (tertiary/aromatic N) is 2. The molecule has 3 aromatic rings. The van der Waals surface area contributed by atoms with E-state index >= 15 is 0 Å². The van der Waals surface area contributed by atoms with E-state index in [-0.39, 0.29) is 6.04 Å². The molecule has 1 atom stereocenters. The van der Waals surface area contributed by atoms with Gasteiger partial charge in [0.05, 0.1) is 17.4 Å². The Labute approximate surface area is 124 Å².